The fraction of sp³-hybridized carbons (Fsp3) is 0.538. The van der Waals surface area contributed by atoms with Crippen LogP contribution in [0.1, 0.15) is 18.4 Å². The Morgan fingerprint density at radius 3 is 2.58 bits per heavy atom. The lowest BCUT2D eigenvalue weighted by molar-refractivity contribution is -0.137. The molecule has 0 unspecified atom stereocenters. The van der Waals surface area contributed by atoms with E-state index in [0.29, 0.717) is 13.2 Å². The highest BCUT2D eigenvalue weighted by Crippen LogP contribution is 2.36. The van der Waals surface area contributed by atoms with Gasteiger partial charge >= 0.3 is 6.18 Å². The Bertz CT molecular complexity index is 426. The molecule has 106 valence electrons. The van der Waals surface area contributed by atoms with Gasteiger partial charge in [-0.25, -0.2) is 0 Å². The van der Waals surface area contributed by atoms with E-state index in [4.69, 9.17) is 9.47 Å². The number of phenolic OH excluding ortho intramolecular Hbond substituents is 1. The minimum atomic E-state index is -4.44. The molecule has 1 N–H and O–H groups in total. The molecule has 1 aromatic rings. The van der Waals surface area contributed by atoms with Gasteiger partial charge in [-0.3, -0.25) is 0 Å². The van der Waals surface area contributed by atoms with Crippen LogP contribution in [-0.2, 0) is 10.9 Å². The summed E-state index contributed by atoms with van der Waals surface area (Å²) in [4.78, 5) is 0. The SMILES string of the molecule is Oc1ccc(C(F)(F)F)cc1OCC1CCOCC1. The molecule has 1 heterocycles. The molecule has 2 rings (SSSR count). The van der Waals surface area contributed by atoms with Gasteiger partial charge in [-0.05, 0) is 37.0 Å². The minimum absolute atomic E-state index is 0.124. The van der Waals surface area contributed by atoms with Gasteiger partial charge < -0.3 is 14.6 Å². The van der Waals surface area contributed by atoms with E-state index in [1.165, 1.54) is 0 Å². The second-order valence-corrected chi connectivity index (χ2v) is 4.55. The van der Waals surface area contributed by atoms with Crippen molar-refractivity contribution in [3.63, 3.8) is 0 Å². The van der Waals surface area contributed by atoms with Gasteiger partial charge in [0.25, 0.3) is 0 Å². The summed E-state index contributed by atoms with van der Waals surface area (Å²) in [6.45, 7) is 1.57. The second-order valence-electron chi connectivity index (χ2n) is 4.55. The first-order chi connectivity index (χ1) is 8.97. The fourth-order valence-corrected chi connectivity index (χ4v) is 1.93. The molecule has 1 aliphatic rings. The third kappa shape index (κ3) is 3.76. The monoisotopic (exact) mass is 276 g/mol. The molecule has 0 spiro atoms. The number of rotatable bonds is 3. The zero-order chi connectivity index (χ0) is 13.9. The van der Waals surface area contributed by atoms with Crippen LogP contribution in [0, 0.1) is 5.92 Å². The van der Waals surface area contributed by atoms with Gasteiger partial charge in [-0.15, -0.1) is 0 Å². The lowest BCUT2D eigenvalue weighted by Crippen LogP contribution is -2.21. The summed E-state index contributed by atoms with van der Waals surface area (Å²) in [6.07, 6.45) is -2.80. The summed E-state index contributed by atoms with van der Waals surface area (Å²) in [5.41, 5.74) is -0.827. The smallest absolute Gasteiger partial charge is 0.416 e. The number of halogens is 3. The molecule has 3 nitrogen and oxygen atoms in total. The molecule has 1 aliphatic heterocycles. The van der Waals surface area contributed by atoms with Gasteiger partial charge in [-0.2, -0.15) is 13.2 Å². The summed E-state index contributed by atoms with van der Waals surface area (Å²) in [5.74, 6) is -0.149. The average Bonchev–Trinajstić information content (AvgIpc) is 2.37. The van der Waals surface area contributed by atoms with Crippen LogP contribution in [0.5, 0.6) is 11.5 Å². The molecule has 0 bridgehead atoms. The molecule has 0 radical (unpaired) electrons. The first-order valence-electron chi connectivity index (χ1n) is 6.07. The largest absolute Gasteiger partial charge is 0.504 e. The third-order valence-corrected chi connectivity index (χ3v) is 3.10. The van der Waals surface area contributed by atoms with Crippen LogP contribution in [0.15, 0.2) is 18.2 Å². The van der Waals surface area contributed by atoms with Crippen LogP contribution in [-0.4, -0.2) is 24.9 Å². The van der Waals surface area contributed by atoms with Crippen LogP contribution < -0.4 is 4.74 Å². The zero-order valence-corrected chi connectivity index (χ0v) is 10.2. The Labute approximate surface area is 108 Å². The highest BCUT2D eigenvalue weighted by Gasteiger charge is 2.31. The van der Waals surface area contributed by atoms with E-state index in [9.17, 15) is 18.3 Å². The molecule has 0 aliphatic carbocycles. The van der Waals surface area contributed by atoms with Gasteiger partial charge in [0.2, 0.25) is 0 Å². The summed E-state index contributed by atoms with van der Waals surface area (Å²) < 4.78 is 48.1. The topological polar surface area (TPSA) is 38.7 Å². The predicted molar refractivity (Wildman–Crippen MR) is 62.1 cm³/mol. The first kappa shape index (κ1) is 14.0. The summed E-state index contributed by atoms with van der Waals surface area (Å²) in [6, 6.07) is 2.66. The summed E-state index contributed by atoms with van der Waals surface area (Å²) >= 11 is 0. The molecule has 19 heavy (non-hydrogen) atoms. The average molecular weight is 276 g/mol. The number of hydrogen-bond acceptors (Lipinski definition) is 3. The van der Waals surface area contributed by atoms with Gasteiger partial charge in [0, 0.05) is 13.2 Å². The standard InChI is InChI=1S/C13H15F3O3/c14-13(15,16)10-1-2-11(17)12(7-10)19-8-9-3-5-18-6-4-9/h1-2,7,9,17H,3-6,8H2. The van der Waals surface area contributed by atoms with Crippen LogP contribution >= 0.6 is 0 Å². The molecule has 0 amide bonds. The van der Waals surface area contributed by atoms with E-state index >= 15 is 0 Å². The van der Waals surface area contributed by atoms with Gasteiger partial charge in [-0.1, -0.05) is 0 Å². The quantitative estimate of drug-likeness (QED) is 0.921. The lowest BCUT2D eigenvalue weighted by atomic mass is 10.0. The number of benzene rings is 1. The van der Waals surface area contributed by atoms with Crippen molar-refractivity contribution < 1.29 is 27.8 Å². The van der Waals surface area contributed by atoms with Crippen LogP contribution in [0.2, 0.25) is 0 Å². The minimum Gasteiger partial charge on any atom is -0.504 e. The highest BCUT2D eigenvalue weighted by molar-refractivity contribution is 5.42. The number of phenols is 1. The van der Waals surface area contributed by atoms with E-state index in [0.717, 1.165) is 31.0 Å². The summed E-state index contributed by atoms with van der Waals surface area (Å²) in [5, 5.41) is 9.51. The maximum absolute atomic E-state index is 12.5. The molecule has 1 fully saturated rings. The molecule has 6 heteroatoms. The number of ether oxygens (including phenoxy) is 2. The first-order valence-corrected chi connectivity index (χ1v) is 6.07. The van der Waals surface area contributed by atoms with Crippen LogP contribution in [0.3, 0.4) is 0 Å². The Balaban J connectivity index is 2.02. The van der Waals surface area contributed by atoms with Crippen molar-refractivity contribution in [3.05, 3.63) is 23.8 Å². The Morgan fingerprint density at radius 1 is 1.26 bits per heavy atom. The van der Waals surface area contributed by atoms with Crippen molar-refractivity contribution in [2.45, 2.75) is 19.0 Å². The van der Waals surface area contributed by atoms with Crippen molar-refractivity contribution in [3.8, 4) is 11.5 Å². The predicted octanol–water partition coefficient (Wildman–Crippen LogP) is 3.22. The fourth-order valence-electron chi connectivity index (χ4n) is 1.93. The molecule has 1 aromatic carbocycles. The second kappa shape index (κ2) is 5.69. The summed E-state index contributed by atoms with van der Waals surface area (Å²) in [7, 11) is 0. The number of aromatic hydroxyl groups is 1. The van der Waals surface area contributed by atoms with Crippen molar-refractivity contribution in [2.75, 3.05) is 19.8 Å². The number of hydrogen-bond donors (Lipinski definition) is 1. The molecular weight excluding hydrogens is 261 g/mol. The maximum Gasteiger partial charge on any atom is 0.416 e. The Hall–Kier alpha value is -1.43. The van der Waals surface area contributed by atoms with Crippen molar-refractivity contribution in [1.82, 2.24) is 0 Å². The van der Waals surface area contributed by atoms with E-state index in [2.05, 4.69) is 0 Å². The van der Waals surface area contributed by atoms with E-state index in [1.807, 2.05) is 0 Å². The van der Waals surface area contributed by atoms with Gasteiger partial charge in [0.05, 0.1) is 12.2 Å². The Kier molecular flexibility index (Phi) is 4.19. The molecule has 0 aromatic heterocycles. The van der Waals surface area contributed by atoms with Crippen molar-refractivity contribution >= 4 is 0 Å². The van der Waals surface area contributed by atoms with E-state index in [-0.39, 0.29) is 24.0 Å². The van der Waals surface area contributed by atoms with E-state index < -0.39 is 11.7 Å². The zero-order valence-electron chi connectivity index (χ0n) is 10.2. The Morgan fingerprint density at radius 2 is 1.95 bits per heavy atom. The number of alkyl halides is 3. The molecular formula is C13H15F3O3. The van der Waals surface area contributed by atoms with Crippen molar-refractivity contribution in [2.24, 2.45) is 5.92 Å². The lowest BCUT2D eigenvalue weighted by Gasteiger charge is -2.22. The molecule has 0 saturated carbocycles. The van der Waals surface area contributed by atoms with Crippen LogP contribution in [0.25, 0.3) is 0 Å². The molecule has 1 saturated heterocycles. The van der Waals surface area contributed by atoms with E-state index in [1.54, 1.807) is 0 Å². The normalized spacial score (nSPS) is 17.4. The van der Waals surface area contributed by atoms with Gasteiger partial charge in [0.1, 0.15) is 0 Å². The van der Waals surface area contributed by atoms with Crippen molar-refractivity contribution in [1.29, 1.82) is 0 Å². The van der Waals surface area contributed by atoms with Crippen LogP contribution in [0.4, 0.5) is 13.2 Å². The third-order valence-electron chi connectivity index (χ3n) is 3.10. The highest BCUT2D eigenvalue weighted by atomic mass is 19.4. The maximum atomic E-state index is 12.5. The van der Waals surface area contributed by atoms with Gasteiger partial charge in [0.15, 0.2) is 11.5 Å². The molecule has 0 atom stereocenters.